The highest BCUT2D eigenvalue weighted by Crippen LogP contribution is 2.32. The summed E-state index contributed by atoms with van der Waals surface area (Å²) < 4.78 is 1.12. The number of likely N-dealkylation sites (N-methyl/N-ethyl adjacent to an activating group) is 1. The number of carbonyl (C=O) groups excluding carboxylic acids is 1. The van der Waals surface area contributed by atoms with Crippen LogP contribution in [0.5, 0.6) is 0 Å². The number of carbonyl (C=O) groups is 1. The number of aromatic nitrogens is 1. The van der Waals surface area contributed by atoms with Crippen molar-refractivity contribution in [2.75, 3.05) is 43.1 Å². The number of rotatable bonds is 11. The summed E-state index contributed by atoms with van der Waals surface area (Å²) in [5.74, 6) is 0.849. The first-order valence-corrected chi connectivity index (χ1v) is 13.8. The Morgan fingerprint density at radius 1 is 1.06 bits per heavy atom. The van der Waals surface area contributed by atoms with Crippen LogP contribution in [0.15, 0.2) is 52.3 Å². The van der Waals surface area contributed by atoms with E-state index in [1.54, 1.807) is 34.9 Å². The fraction of sp³-hybridized carbons (Fsp3) is 0.391. The molecule has 3 rings (SSSR count). The summed E-state index contributed by atoms with van der Waals surface area (Å²) in [5.41, 5.74) is 0.953. The molecule has 0 bridgehead atoms. The fourth-order valence-electron chi connectivity index (χ4n) is 3.17. The average molecular weight is 494 g/mol. The van der Waals surface area contributed by atoms with Gasteiger partial charge in [0.05, 0.1) is 10.2 Å². The van der Waals surface area contributed by atoms with E-state index in [9.17, 15) is 4.79 Å². The van der Waals surface area contributed by atoms with Gasteiger partial charge in [-0.3, -0.25) is 9.69 Å². The smallest absolute Gasteiger partial charge is 0.229 e. The molecule has 0 aliphatic rings. The van der Waals surface area contributed by atoms with Gasteiger partial charge in [-0.2, -0.15) is 0 Å². The van der Waals surface area contributed by atoms with E-state index in [4.69, 9.17) is 16.6 Å². The topological polar surface area (TPSA) is 36.4 Å². The van der Waals surface area contributed by atoms with E-state index in [0.29, 0.717) is 13.0 Å². The van der Waals surface area contributed by atoms with Crippen LogP contribution in [0.1, 0.15) is 20.3 Å². The molecule has 0 aliphatic heterocycles. The monoisotopic (exact) mass is 493 g/mol. The van der Waals surface area contributed by atoms with Gasteiger partial charge in [0.1, 0.15) is 0 Å². The maximum atomic E-state index is 13.2. The molecule has 4 nitrogen and oxygen atoms in total. The van der Waals surface area contributed by atoms with Gasteiger partial charge in [0.25, 0.3) is 0 Å². The lowest BCUT2D eigenvalue weighted by Crippen LogP contribution is -2.39. The molecule has 1 aromatic heterocycles. The zero-order valence-electron chi connectivity index (χ0n) is 18.1. The lowest BCUT2D eigenvalue weighted by molar-refractivity contribution is -0.118. The predicted octanol–water partition coefficient (Wildman–Crippen LogP) is 6.53. The van der Waals surface area contributed by atoms with E-state index in [-0.39, 0.29) is 5.91 Å². The quantitative estimate of drug-likeness (QED) is 0.284. The predicted molar refractivity (Wildman–Crippen MR) is 138 cm³/mol. The van der Waals surface area contributed by atoms with Crippen LogP contribution >= 0.6 is 46.5 Å². The fourth-order valence-corrected chi connectivity index (χ4v) is 5.69. The molecule has 0 fully saturated rings. The van der Waals surface area contributed by atoms with Gasteiger partial charge in [0.15, 0.2) is 5.13 Å². The molecule has 8 heteroatoms. The van der Waals surface area contributed by atoms with E-state index in [1.807, 2.05) is 35.2 Å². The summed E-state index contributed by atoms with van der Waals surface area (Å²) in [7, 11) is 0. The van der Waals surface area contributed by atoms with Gasteiger partial charge >= 0.3 is 0 Å². The molecule has 0 saturated carbocycles. The molecule has 0 saturated heterocycles. The Labute approximate surface area is 202 Å². The maximum Gasteiger partial charge on any atom is 0.229 e. The molecular weight excluding hydrogens is 466 g/mol. The highest BCUT2D eigenvalue weighted by Gasteiger charge is 2.20. The lowest BCUT2D eigenvalue weighted by Gasteiger charge is -2.24. The van der Waals surface area contributed by atoms with Gasteiger partial charge in [-0.05, 0) is 61.8 Å². The standard InChI is InChI=1S/C23H28ClN3OS3/c1-4-26(5-2)13-14-27(22(28)12-15-30-18-8-6-17(24)7-9-18)23-25-20-11-10-19(29-3)16-21(20)31-23/h6-11,16H,4-5,12-15H2,1-3H3. The van der Waals surface area contributed by atoms with Crippen LogP contribution in [0.2, 0.25) is 5.02 Å². The summed E-state index contributed by atoms with van der Waals surface area (Å²) in [6.07, 6.45) is 2.54. The molecule has 1 amide bonds. The second-order valence-electron chi connectivity index (χ2n) is 6.95. The Morgan fingerprint density at radius 3 is 2.45 bits per heavy atom. The normalized spacial score (nSPS) is 11.4. The zero-order chi connectivity index (χ0) is 22.2. The lowest BCUT2D eigenvalue weighted by atomic mass is 10.3. The Balaban J connectivity index is 1.73. The first-order chi connectivity index (χ1) is 15.0. The molecule has 2 aromatic carbocycles. The third kappa shape index (κ3) is 6.86. The van der Waals surface area contributed by atoms with Crippen LogP contribution in [0.4, 0.5) is 5.13 Å². The van der Waals surface area contributed by atoms with Gasteiger partial charge < -0.3 is 4.90 Å². The number of thiazole rings is 1. The summed E-state index contributed by atoms with van der Waals surface area (Å²) in [6, 6.07) is 14.0. The van der Waals surface area contributed by atoms with Crippen molar-refractivity contribution < 1.29 is 4.79 Å². The Bertz CT molecular complexity index is 989. The second-order valence-corrected chi connectivity index (χ2v) is 10.4. The van der Waals surface area contributed by atoms with Gasteiger partial charge in [-0.1, -0.05) is 36.8 Å². The van der Waals surface area contributed by atoms with Crippen LogP contribution in [0.3, 0.4) is 0 Å². The van der Waals surface area contributed by atoms with Crippen molar-refractivity contribution in [1.82, 2.24) is 9.88 Å². The molecule has 0 N–H and O–H groups in total. The van der Waals surface area contributed by atoms with Crippen molar-refractivity contribution in [3.63, 3.8) is 0 Å². The number of benzene rings is 2. The highest BCUT2D eigenvalue weighted by molar-refractivity contribution is 7.99. The SMILES string of the molecule is CCN(CC)CCN(C(=O)CCSc1ccc(Cl)cc1)c1nc2ccc(SC)cc2s1. The van der Waals surface area contributed by atoms with Crippen LogP contribution in [-0.4, -0.2) is 54.0 Å². The van der Waals surface area contributed by atoms with Crippen LogP contribution in [0.25, 0.3) is 10.2 Å². The number of amides is 1. The Morgan fingerprint density at radius 2 is 1.77 bits per heavy atom. The third-order valence-electron chi connectivity index (χ3n) is 5.05. The van der Waals surface area contributed by atoms with Crippen molar-refractivity contribution in [3.05, 3.63) is 47.5 Å². The van der Waals surface area contributed by atoms with Crippen LogP contribution < -0.4 is 4.90 Å². The Kier molecular flexibility index (Phi) is 9.53. The third-order valence-corrected chi connectivity index (χ3v) is 8.08. The van der Waals surface area contributed by atoms with Crippen molar-refractivity contribution in [3.8, 4) is 0 Å². The minimum Gasteiger partial charge on any atom is -0.302 e. The Hall–Kier alpha value is -1.25. The van der Waals surface area contributed by atoms with Crippen molar-refractivity contribution >= 4 is 67.7 Å². The van der Waals surface area contributed by atoms with Gasteiger partial charge in [-0.25, -0.2) is 4.98 Å². The zero-order valence-corrected chi connectivity index (χ0v) is 21.3. The molecule has 0 aliphatic carbocycles. The minimum absolute atomic E-state index is 0.123. The van der Waals surface area contributed by atoms with E-state index >= 15 is 0 Å². The molecule has 0 unspecified atom stereocenters. The molecule has 0 radical (unpaired) electrons. The van der Waals surface area contributed by atoms with Crippen molar-refractivity contribution in [1.29, 1.82) is 0 Å². The van der Waals surface area contributed by atoms with E-state index < -0.39 is 0 Å². The van der Waals surface area contributed by atoms with E-state index in [0.717, 1.165) is 50.7 Å². The number of fused-ring (bicyclic) bond motifs is 1. The number of anilines is 1. The first kappa shape index (κ1) is 24.4. The van der Waals surface area contributed by atoms with Gasteiger partial charge in [-0.15, -0.1) is 23.5 Å². The molecule has 3 aromatic rings. The summed E-state index contributed by atoms with van der Waals surface area (Å²) in [6.45, 7) is 7.75. The molecule has 0 spiro atoms. The summed E-state index contributed by atoms with van der Waals surface area (Å²) in [5, 5.41) is 1.52. The number of hydrogen-bond donors (Lipinski definition) is 0. The van der Waals surface area contributed by atoms with Crippen molar-refractivity contribution in [2.45, 2.75) is 30.1 Å². The summed E-state index contributed by atoms with van der Waals surface area (Å²) >= 11 is 11.0. The number of nitrogens with zero attached hydrogens (tertiary/aromatic N) is 3. The summed E-state index contributed by atoms with van der Waals surface area (Å²) in [4.78, 5) is 24.5. The largest absolute Gasteiger partial charge is 0.302 e. The second kappa shape index (κ2) is 12.1. The van der Waals surface area contributed by atoms with Crippen LogP contribution in [-0.2, 0) is 4.79 Å². The van der Waals surface area contributed by atoms with Crippen molar-refractivity contribution in [2.24, 2.45) is 0 Å². The number of halogens is 1. The molecular formula is C23H28ClN3OS3. The number of hydrogen-bond acceptors (Lipinski definition) is 6. The number of thioether (sulfide) groups is 2. The molecule has 31 heavy (non-hydrogen) atoms. The maximum absolute atomic E-state index is 13.2. The van der Waals surface area contributed by atoms with E-state index in [1.165, 1.54) is 4.90 Å². The van der Waals surface area contributed by atoms with Gasteiger partial charge in [0, 0.05) is 40.1 Å². The molecule has 1 heterocycles. The van der Waals surface area contributed by atoms with Gasteiger partial charge in [0.2, 0.25) is 5.91 Å². The first-order valence-electron chi connectivity index (χ1n) is 10.4. The van der Waals surface area contributed by atoms with Crippen LogP contribution in [0, 0.1) is 0 Å². The molecule has 0 atom stereocenters. The molecule has 166 valence electrons. The average Bonchev–Trinajstić information content (AvgIpc) is 3.20. The minimum atomic E-state index is 0.123. The highest BCUT2D eigenvalue weighted by atomic mass is 35.5. The van der Waals surface area contributed by atoms with E-state index in [2.05, 4.69) is 37.1 Å².